The van der Waals surface area contributed by atoms with Gasteiger partial charge in [0.05, 0.1) is 0 Å². The van der Waals surface area contributed by atoms with E-state index in [9.17, 15) is 4.39 Å². The first-order valence-electron chi connectivity index (χ1n) is 5.77. The van der Waals surface area contributed by atoms with Crippen molar-refractivity contribution < 1.29 is 4.39 Å². The molecule has 17 heavy (non-hydrogen) atoms. The number of aryl methyl sites for hydroxylation is 1. The van der Waals surface area contributed by atoms with Gasteiger partial charge in [-0.15, -0.1) is 11.3 Å². The van der Waals surface area contributed by atoms with Crippen LogP contribution in [-0.4, -0.2) is 0 Å². The Hall–Kier alpha value is -1.19. The summed E-state index contributed by atoms with van der Waals surface area (Å²) in [6.07, 6.45) is 1.68. The van der Waals surface area contributed by atoms with Crippen LogP contribution in [-0.2, 0) is 12.8 Å². The summed E-state index contributed by atoms with van der Waals surface area (Å²) >= 11 is 1.69. The molecule has 0 radical (unpaired) electrons. The molecular weight excluding hydrogens is 233 g/mol. The van der Waals surface area contributed by atoms with Crippen molar-refractivity contribution >= 4 is 11.3 Å². The first kappa shape index (κ1) is 12.3. The summed E-state index contributed by atoms with van der Waals surface area (Å²) in [5.41, 5.74) is 8.44. The Morgan fingerprint density at radius 2 is 2.18 bits per heavy atom. The minimum absolute atomic E-state index is 0.0354. The van der Waals surface area contributed by atoms with Crippen LogP contribution in [0.3, 0.4) is 0 Å². The molecule has 0 aliphatic carbocycles. The number of hydrogen-bond donors (Lipinski definition) is 1. The predicted octanol–water partition coefficient (Wildman–Crippen LogP) is 3.69. The average molecular weight is 249 g/mol. The third-order valence-electron chi connectivity index (χ3n) is 2.84. The number of rotatable bonds is 4. The Kier molecular flexibility index (Phi) is 3.92. The molecule has 0 saturated heterocycles. The minimum atomic E-state index is -0.198. The van der Waals surface area contributed by atoms with Crippen molar-refractivity contribution in [3.05, 3.63) is 57.5 Å². The molecule has 2 N–H and O–H groups in total. The van der Waals surface area contributed by atoms with E-state index in [1.54, 1.807) is 23.5 Å². The second-order valence-corrected chi connectivity index (χ2v) is 5.05. The summed E-state index contributed by atoms with van der Waals surface area (Å²) in [5, 5.41) is 2.07. The van der Waals surface area contributed by atoms with Gasteiger partial charge in [-0.3, -0.25) is 0 Å². The predicted molar refractivity (Wildman–Crippen MR) is 70.7 cm³/mol. The number of hydrogen-bond acceptors (Lipinski definition) is 2. The number of benzene rings is 1. The van der Waals surface area contributed by atoms with Gasteiger partial charge < -0.3 is 5.73 Å². The van der Waals surface area contributed by atoms with Crippen molar-refractivity contribution in [3.63, 3.8) is 0 Å². The van der Waals surface area contributed by atoms with Gasteiger partial charge in [-0.25, -0.2) is 4.39 Å². The molecule has 0 aliphatic rings. The monoisotopic (exact) mass is 249 g/mol. The van der Waals surface area contributed by atoms with E-state index in [0.29, 0.717) is 6.42 Å². The fourth-order valence-corrected chi connectivity index (χ4v) is 2.98. The second kappa shape index (κ2) is 5.43. The van der Waals surface area contributed by atoms with Crippen molar-refractivity contribution in [3.8, 4) is 0 Å². The number of halogens is 1. The zero-order valence-corrected chi connectivity index (χ0v) is 10.6. The van der Waals surface area contributed by atoms with Gasteiger partial charge in [-0.05, 0) is 47.5 Å². The van der Waals surface area contributed by atoms with Crippen LogP contribution in [0.1, 0.15) is 29.0 Å². The average Bonchev–Trinajstić information content (AvgIpc) is 2.77. The molecule has 0 fully saturated rings. The molecule has 2 aromatic rings. The maximum absolute atomic E-state index is 13.1. The lowest BCUT2D eigenvalue weighted by Crippen LogP contribution is -2.13. The van der Waals surface area contributed by atoms with Crippen LogP contribution in [0, 0.1) is 5.82 Å². The standard InChI is InChI=1S/C14H16FNS/c1-2-11-6-7-17-14(11)13(16)9-10-4-3-5-12(15)8-10/h3-8,13H,2,9,16H2,1H3. The van der Waals surface area contributed by atoms with Crippen LogP contribution in [0.5, 0.6) is 0 Å². The van der Waals surface area contributed by atoms with E-state index in [4.69, 9.17) is 5.73 Å². The van der Waals surface area contributed by atoms with E-state index >= 15 is 0 Å². The highest BCUT2D eigenvalue weighted by Crippen LogP contribution is 2.26. The van der Waals surface area contributed by atoms with Crippen LogP contribution >= 0.6 is 11.3 Å². The van der Waals surface area contributed by atoms with Crippen molar-refractivity contribution in [1.29, 1.82) is 0 Å². The summed E-state index contributed by atoms with van der Waals surface area (Å²) in [5.74, 6) is -0.198. The molecule has 1 atom stereocenters. The van der Waals surface area contributed by atoms with E-state index in [1.165, 1.54) is 16.5 Å². The maximum Gasteiger partial charge on any atom is 0.123 e. The van der Waals surface area contributed by atoms with Crippen LogP contribution < -0.4 is 5.73 Å². The van der Waals surface area contributed by atoms with Gasteiger partial charge >= 0.3 is 0 Å². The van der Waals surface area contributed by atoms with Crippen LogP contribution in [0.15, 0.2) is 35.7 Å². The Labute approximate surface area is 105 Å². The van der Waals surface area contributed by atoms with Crippen LogP contribution in [0.2, 0.25) is 0 Å². The first-order chi connectivity index (χ1) is 8.20. The van der Waals surface area contributed by atoms with Gasteiger partial charge in [0.1, 0.15) is 5.82 Å². The number of thiophene rings is 1. The summed E-state index contributed by atoms with van der Waals surface area (Å²) in [6, 6.07) is 8.74. The van der Waals surface area contributed by atoms with Gasteiger partial charge in [0.25, 0.3) is 0 Å². The van der Waals surface area contributed by atoms with E-state index in [-0.39, 0.29) is 11.9 Å². The lowest BCUT2D eigenvalue weighted by Gasteiger charge is -2.12. The first-order valence-corrected chi connectivity index (χ1v) is 6.65. The molecule has 0 spiro atoms. The van der Waals surface area contributed by atoms with E-state index in [2.05, 4.69) is 18.4 Å². The van der Waals surface area contributed by atoms with Crippen molar-refractivity contribution in [2.24, 2.45) is 5.73 Å². The fraction of sp³-hybridized carbons (Fsp3) is 0.286. The SMILES string of the molecule is CCc1ccsc1C(N)Cc1cccc(F)c1. The van der Waals surface area contributed by atoms with E-state index in [0.717, 1.165) is 12.0 Å². The Balaban J connectivity index is 2.14. The molecule has 0 amide bonds. The summed E-state index contributed by atoms with van der Waals surface area (Å²) in [4.78, 5) is 1.22. The van der Waals surface area contributed by atoms with Crippen LogP contribution in [0.4, 0.5) is 4.39 Å². The highest BCUT2D eigenvalue weighted by molar-refractivity contribution is 7.10. The smallest absolute Gasteiger partial charge is 0.123 e. The minimum Gasteiger partial charge on any atom is -0.323 e. The molecule has 90 valence electrons. The third kappa shape index (κ3) is 2.93. The number of nitrogens with two attached hydrogens (primary N) is 1. The van der Waals surface area contributed by atoms with E-state index < -0.39 is 0 Å². The van der Waals surface area contributed by atoms with E-state index in [1.807, 2.05) is 6.07 Å². The highest BCUT2D eigenvalue weighted by Gasteiger charge is 2.12. The summed E-state index contributed by atoms with van der Waals surface area (Å²) in [7, 11) is 0. The highest BCUT2D eigenvalue weighted by atomic mass is 32.1. The Bertz CT molecular complexity index is 492. The van der Waals surface area contributed by atoms with Gasteiger partial charge in [0.15, 0.2) is 0 Å². The van der Waals surface area contributed by atoms with Crippen LogP contribution in [0.25, 0.3) is 0 Å². The van der Waals surface area contributed by atoms with Crippen molar-refractivity contribution in [1.82, 2.24) is 0 Å². The second-order valence-electron chi connectivity index (χ2n) is 4.10. The normalized spacial score (nSPS) is 12.6. The van der Waals surface area contributed by atoms with Gasteiger partial charge in [0.2, 0.25) is 0 Å². The summed E-state index contributed by atoms with van der Waals surface area (Å²) in [6.45, 7) is 2.13. The molecule has 1 heterocycles. The molecule has 3 heteroatoms. The van der Waals surface area contributed by atoms with Gasteiger partial charge in [0, 0.05) is 10.9 Å². The Morgan fingerprint density at radius 3 is 2.88 bits per heavy atom. The van der Waals surface area contributed by atoms with Crippen molar-refractivity contribution in [2.75, 3.05) is 0 Å². The molecule has 0 bridgehead atoms. The molecule has 1 unspecified atom stereocenters. The largest absolute Gasteiger partial charge is 0.323 e. The lowest BCUT2D eigenvalue weighted by molar-refractivity contribution is 0.622. The molecule has 0 aliphatic heterocycles. The molecule has 2 rings (SSSR count). The maximum atomic E-state index is 13.1. The molecule has 1 nitrogen and oxygen atoms in total. The Morgan fingerprint density at radius 1 is 1.35 bits per heavy atom. The topological polar surface area (TPSA) is 26.0 Å². The van der Waals surface area contributed by atoms with Gasteiger partial charge in [-0.1, -0.05) is 19.1 Å². The molecule has 1 aromatic carbocycles. The molecular formula is C14H16FNS. The molecule has 1 aromatic heterocycles. The zero-order chi connectivity index (χ0) is 12.3. The molecule has 0 saturated carbocycles. The zero-order valence-electron chi connectivity index (χ0n) is 9.82. The fourth-order valence-electron chi connectivity index (χ4n) is 1.98. The van der Waals surface area contributed by atoms with Crippen molar-refractivity contribution in [2.45, 2.75) is 25.8 Å². The quantitative estimate of drug-likeness (QED) is 0.878. The van der Waals surface area contributed by atoms with Gasteiger partial charge in [-0.2, -0.15) is 0 Å². The third-order valence-corrected chi connectivity index (χ3v) is 3.93. The lowest BCUT2D eigenvalue weighted by atomic mass is 10.0. The summed E-state index contributed by atoms with van der Waals surface area (Å²) < 4.78 is 13.1.